The summed E-state index contributed by atoms with van der Waals surface area (Å²) in [4.78, 5) is 21.7. The van der Waals surface area contributed by atoms with Crippen molar-refractivity contribution >= 4 is 5.78 Å². The van der Waals surface area contributed by atoms with Gasteiger partial charge in [-0.15, -0.1) is 0 Å². The fraction of sp³-hybridized carbons (Fsp3) is 0.320. The third-order valence-electron chi connectivity index (χ3n) is 5.90. The van der Waals surface area contributed by atoms with Gasteiger partial charge in [0.15, 0.2) is 5.78 Å². The molecular formula is C25H26FN3O. The molecule has 1 fully saturated rings. The quantitative estimate of drug-likeness (QED) is 0.613. The molecule has 2 N–H and O–H groups in total. The SMILES string of the molecule is C[C@@H]1C[C@H](N)C[C@H](c2ccncc2CC(=O)c2cccc(-c3ccccc3F)n2)C1. The smallest absolute Gasteiger partial charge is 0.185 e. The normalized spacial score (nSPS) is 21.4. The van der Waals surface area contributed by atoms with E-state index in [1.807, 2.05) is 6.07 Å². The van der Waals surface area contributed by atoms with Crippen molar-refractivity contribution in [3.8, 4) is 11.3 Å². The van der Waals surface area contributed by atoms with Crippen molar-refractivity contribution in [3.05, 3.63) is 83.6 Å². The minimum atomic E-state index is -0.355. The lowest BCUT2D eigenvalue weighted by molar-refractivity contribution is 0.0987. The van der Waals surface area contributed by atoms with Gasteiger partial charge >= 0.3 is 0 Å². The van der Waals surface area contributed by atoms with Crippen LogP contribution in [-0.4, -0.2) is 21.8 Å². The average Bonchev–Trinajstić information content (AvgIpc) is 2.74. The van der Waals surface area contributed by atoms with Crippen molar-refractivity contribution in [3.63, 3.8) is 0 Å². The third-order valence-corrected chi connectivity index (χ3v) is 5.90. The predicted molar refractivity (Wildman–Crippen MR) is 116 cm³/mol. The van der Waals surface area contributed by atoms with Crippen LogP contribution in [0.25, 0.3) is 11.3 Å². The molecule has 2 heterocycles. The zero-order valence-corrected chi connectivity index (χ0v) is 17.1. The second kappa shape index (κ2) is 8.84. The van der Waals surface area contributed by atoms with Gasteiger partial charge in [-0.2, -0.15) is 0 Å². The summed E-state index contributed by atoms with van der Waals surface area (Å²) in [5.74, 6) is 0.448. The molecule has 1 saturated carbocycles. The summed E-state index contributed by atoms with van der Waals surface area (Å²) in [6.07, 6.45) is 6.82. The molecule has 154 valence electrons. The second-order valence-corrected chi connectivity index (χ2v) is 8.33. The maximum atomic E-state index is 14.1. The van der Waals surface area contributed by atoms with Crippen molar-refractivity contribution in [1.29, 1.82) is 0 Å². The van der Waals surface area contributed by atoms with E-state index in [2.05, 4.69) is 16.9 Å². The number of pyridine rings is 2. The van der Waals surface area contributed by atoms with Crippen LogP contribution in [0.2, 0.25) is 0 Å². The summed E-state index contributed by atoms with van der Waals surface area (Å²) in [5, 5.41) is 0. The van der Waals surface area contributed by atoms with Crippen LogP contribution in [0.3, 0.4) is 0 Å². The van der Waals surface area contributed by atoms with Gasteiger partial charge in [-0.25, -0.2) is 9.37 Å². The summed E-state index contributed by atoms with van der Waals surface area (Å²) < 4.78 is 14.1. The van der Waals surface area contributed by atoms with Crippen molar-refractivity contribution in [2.45, 2.75) is 44.6 Å². The summed E-state index contributed by atoms with van der Waals surface area (Å²) in [7, 11) is 0. The Labute approximate surface area is 176 Å². The van der Waals surface area contributed by atoms with Gasteiger partial charge in [-0.3, -0.25) is 9.78 Å². The Balaban J connectivity index is 1.58. The molecule has 30 heavy (non-hydrogen) atoms. The van der Waals surface area contributed by atoms with Gasteiger partial charge in [-0.1, -0.05) is 25.1 Å². The number of benzene rings is 1. The van der Waals surface area contributed by atoms with Gasteiger partial charge in [0.2, 0.25) is 0 Å². The van der Waals surface area contributed by atoms with E-state index in [1.54, 1.807) is 48.8 Å². The van der Waals surface area contributed by atoms with Crippen molar-refractivity contribution in [1.82, 2.24) is 9.97 Å². The molecule has 0 unspecified atom stereocenters. The van der Waals surface area contributed by atoms with Crippen LogP contribution in [0, 0.1) is 11.7 Å². The highest BCUT2D eigenvalue weighted by Gasteiger charge is 2.27. The molecule has 0 saturated heterocycles. The Bertz CT molecular complexity index is 1040. The monoisotopic (exact) mass is 403 g/mol. The molecule has 3 atom stereocenters. The highest BCUT2D eigenvalue weighted by Crippen LogP contribution is 2.37. The van der Waals surface area contributed by atoms with E-state index in [0.717, 1.165) is 30.4 Å². The molecular weight excluding hydrogens is 377 g/mol. The van der Waals surface area contributed by atoms with Crippen LogP contribution >= 0.6 is 0 Å². The first-order chi connectivity index (χ1) is 14.5. The maximum Gasteiger partial charge on any atom is 0.185 e. The van der Waals surface area contributed by atoms with Gasteiger partial charge in [0.25, 0.3) is 0 Å². The van der Waals surface area contributed by atoms with E-state index < -0.39 is 0 Å². The zero-order valence-electron chi connectivity index (χ0n) is 17.1. The van der Waals surface area contributed by atoms with Gasteiger partial charge in [-0.05, 0) is 72.6 Å². The maximum absolute atomic E-state index is 14.1. The molecule has 3 aromatic rings. The number of rotatable bonds is 5. The van der Waals surface area contributed by atoms with E-state index in [0.29, 0.717) is 28.8 Å². The van der Waals surface area contributed by atoms with Crippen LogP contribution in [0.4, 0.5) is 4.39 Å². The standard InChI is InChI=1S/C25H26FN3O/c1-16-11-17(13-19(27)12-16)20-9-10-28-15-18(20)14-25(30)24-8-4-7-23(29-24)21-5-2-3-6-22(21)26/h2-10,15-17,19H,11-14,27H2,1H3/t16-,17+,19-/m0/s1. The topological polar surface area (TPSA) is 68.9 Å². The molecule has 0 spiro atoms. The molecule has 1 aliphatic carbocycles. The van der Waals surface area contributed by atoms with Crippen LogP contribution in [-0.2, 0) is 6.42 Å². The van der Waals surface area contributed by atoms with E-state index in [4.69, 9.17) is 5.73 Å². The first-order valence-corrected chi connectivity index (χ1v) is 10.4. The number of hydrogen-bond acceptors (Lipinski definition) is 4. The van der Waals surface area contributed by atoms with Gasteiger partial charge in [0.1, 0.15) is 11.5 Å². The van der Waals surface area contributed by atoms with Crippen LogP contribution < -0.4 is 5.73 Å². The number of carbonyl (C=O) groups is 1. The van der Waals surface area contributed by atoms with Gasteiger partial charge in [0.05, 0.1) is 5.69 Å². The Hall–Kier alpha value is -2.92. The Kier molecular flexibility index (Phi) is 6.00. The van der Waals surface area contributed by atoms with Gasteiger partial charge in [0, 0.05) is 30.4 Å². The molecule has 0 bridgehead atoms. The number of nitrogens with two attached hydrogens (primary N) is 1. The zero-order chi connectivity index (χ0) is 21.1. The van der Waals surface area contributed by atoms with E-state index in [1.165, 1.54) is 6.07 Å². The number of ketones is 1. The molecule has 4 nitrogen and oxygen atoms in total. The number of aromatic nitrogens is 2. The van der Waals surface area contributed by atoms with E-state index >= 15 is 0 Å². The molecule has 0 aliphatic heterocycles. The molecule has 0 amide bonds. The minimum absolute atomic E-state index is 0.101. The van der Waals surface area contributed by atoms with Crippen LogP contribution in [0.5, 0.6) is 0 Å². The Morgan fingerprint density at radius 3 is 2.73 bits per heavy atom. The Morgan fingerprint density at radius 2 is 1.93 bits per heavy atom. The highest BCUT2D eigenvalue weighted by atomic mass is 19.1. The van der Waals surface area contributed by atoms with E-state index in [-0.39, 0.29) is 24.1 Å². The lowest BCUT2D eigenvalue weighted by atomic mass is 9.75. The molecule has 0 radical (unpaired) electrons. The highest BCUT2D eigenvalue weighted by molar-refractivity contribution is 5.96. The number of hydrogen-bond donors (Lipinski definition) is 1. The lowest BCUT2D eigenvalue weighted by Gasteiger charge is -2.32. The van der Waals surface area contributed by atoms with Crippen LogP contribution in [0.1, 0.15) is 53.7 Å². The summed E-state index contributed by atoms with van der Waals surface area (Å²) in [5.41, 5.74) is 9.51. The van der Waals surface area contributed by atoms with Crippen molar-refractivity contribution < 1.29 is 9.18 Å². The van der Waals surface area contributed by atoms with Crippen LogP contribution in [0.15, 0.2) is 60.9 Å². The molecule has 5 heteroatoms. The summed E-state index contributed by atoms with van der Waals surface area (Å²) in [6, 6.07) is 13.8. The first kappa shape index (κ1) is 20.4. The van der Waals surface area contributed by atoms with Crippen molar-refractivity contribution in [2.24, 2.45) is 11.7 Å². The second-order valence-electron chi connectivity index (χ2n) is 8.33. The molecule has 1 aliphatic rings. The Morgan fingerprint density at radius 1 is 1.10 bits per heavy atom. The fourth-order valence-electron chi connectivity index (χ4n) is 4.57. The number of halogens is 1. The van der Waals surface area contributed by atoms with E-state index in [9.17, 15) is 9.18 Å². The molecule has 1 aromatic carbocycles. The number of nitrogens with zero attached hydrogens (tertiary/aromatic N) is 2. The number of carbonyl (C=O) groups excluding carboxylic acids is 1. The average molecular weight is 404 g/mol. The van der Waals surface area contributed by atoms with Gasteiger partial charge < -0.3 is 5.73 Å². The number of Topliss-reactive ketones (excluding diaryl/α,β-unsaturated/α-hetero) is 1. The molecule has 2 aromatic heterocycles. The largest absolute Gasteiger partial charge is 0.328 e. The lowest BCUT2D eigenvalue weighted by Crippen LogP contribution is -2.31. The fourth-order valence-corrected chi connectivity index (χ4v) is 4.57. The minimum Gasteiger partial charge on any atom is -0.328 e. The molecule has 4 rings (SSSR count). The summed E-state index contributed by atoms with van der Waals surface area (Å²) in [6.45, 7) is 2.23. The van der Waals surface area contributed by atoms with Crippen molar-refractivity contribution in [2.75, 3.05) is 0 Å². The third kappa shape index (κ3) is 4.46. The summed E-state index contributed by atoms with van der Waals surface area (Å²) >= 11 is 0. The predicted octanol–water partition coefficient (Wildman–Crippen LogP) is 4.94. The first-order valence-electron chi connectivity index (χ1n) is 10.4.